The monoisotopic (exact) mass is 231 g/mol. The summed E-state index contributed by atoms with van der Waals surface area (Å²) < 4.78 is 5.79. The van der Waals surface area contributed by atoms with E-state index in [4.69, 9.17) is 16.3 Å². The fraction of sp³-hybridized carbons (Fsp3) is 1.00. The lowest BCUT2D eigenvalue weighted by Crippen LogP contribution is -2.45. The third kappa shape index (κ3) is 3.33. The number of rotatable bonds is 3. The molecule has 0 amide bonds. The lowest BCUT2D eigenvalue weighted by atomic mass is 10.0. The van der Waals surface area contributed by atoms with E-state index in [1.807, 2.05) is 0 Å². The maximum Gasteiger partial charge on any atom is 0.0702 e. The summed E-state index contributed by atoms with van der Waals surface area (Å²) in [6.07, 6.45) is 8.25. The van der Waals surface area contributed by atoms with Gasteiger partial charge in [-0.25, -0.2) is 0 Å². The number of likely N-dealkylation sites (tertiary alicyclic amines) is 1. The maximum absolute atomic E-state index is 6.01. The Balaban J connectivity index is 1.79. The molecule has 2 fully saturated rings. The molecule has 0 aromatic carbocycles. The topological polar surface area (TPSA) is 12.5 Å². The SMILES string of the molecule is ClCC1CCCCN1CC1CCCCO1. The number of nitrogens with zero attached hydrogens (tertiary/aromatic N) is 1. The molecule has 2 unspecified atom stereocenters. The molecule has 0 aromatic rings. The van der Waals surface area contributed by atoms with Crippen molar-refractivity contribution in [1.29, 1.82) is 0 Å². The molecule has 0 saturated carbocycles. The van der Waals surface area contributed by atoms with Crippen molar-refractivity contribution in [2.75, 3.05) is 25.6 Å². The average molecular weight is 232 g/mol. The Kier molecular flexibility index (Phi) is 4.73. The molecule has 2 aliphatic rings. The zero-order valence-corrected chi connectivity index (χ0v) is 10.2. The Bertz CT molecular complexity index is 182. The highest BCUT2D eigenvalue weighted by atomic mass is 35.5. The van der Waals surface area contributed by atoms with Crippen molar-refractivity contribution < 1.29 is 4.74 Å². The fourth-order valence-corrected chi connectivity index (χ4v) is 3.04. The second-order valence-corrected chi connectivity index (χ2v) is 5.10. The molecule has 0 radical (unpaired) electrons. The van der Waals surface area contributed by atoms with Crippen LogP contribution in [0.1, 0.15) is 38.5 Å². The Morgan fingerprint density at radius 1 is 1.13 bits per heavy atom. The van der Waals surface area contributed by atoms with Gasteiger partial charge in [-0.1, -0.05) is 6.42 Å². The van der Waals surface area contributed by atoms with E-state index in [-0.39, 0.29) is 0 Å². The van der Waals surface area contributed by atoms with E-state index in [9.17, 15) is 0 Å². The number of halogens is 1. The molecule has 2 aliphatic heterocycles. The molecule has 0 bridgehead atoms. The van der Waals surface area contributed by atoms with E-state index in [0.717, 1.165) is 19.0 Å². The van der Waals surface area contributed by atoms with Crippen molar-refractivity contribution >= 4 is 11.6 Å². The third-order valence-electron chi connectivity index (χ3n) is 3.64. The molecular formula is C12H22ClNO. The Labute approximate surface area is 97.9 Å². The smallest absolute Gasteiger partial charge is 0.0702 e. The van der Waals surface area contributed by atoms with Gasteiger partial charge in [0.05, 0.1) is 6.10 Å². The summed E-state index contributed by atoms with van der Waals surface area (Å²) >= 11 is 6.01. The summed E-state index contributed by atoms with van der Waals surface area (Å²) in [6.45, 7) is 3.29. The number of piperidine rings is 1. The quantitative estimate of drug-likeness (QED) is 0.693. The van der Waals surface area contributed by atoms with E-state index in [0.29, 0.717) is 12.1 Å². The van der Waals surface area contributed by atoms with Crippen LogP contribution in [0.15, 0.2) is 0 Å². The van der Waals surface area contributed by atoms with Gasteiger partial charge < -0.3 is 4.74 Å². The van der Waals surface area contributed by atoms with Gasteiger partial charge in [-0.3, -0.25) is 4.90 Å². The van der Waals surface area contributed by atoms with E-state index in [1.54, 1.807) is 0 Å². The minimum Gasteiger partial charge on any atom is -0.377 e. The lowest BCUT2D eigenvalue weighted by molar-refractivity contribution is -0.0170. The largest absolute Gasteiger partial charge is 0.377 e. The predicted molar refractivity (Wildman–Crippen MR) is 63.5 cm³/mol. The fourth-order valence-electron chi connectivity index (χ4n) is 2.69. The number of ether oxygens (including phenoxy) is 1. The van der Waals surface area contributed by atoms with Gasteiger partial charge in [-0.05, 0) is 38.6 Å². The van der Waals surface area contributed by atoms with E-state index in [2.05, 4.69) is 4.90 Å². The van der Waals surface area contributed by atoms with Gasteiger partial charge >= 0.3 is 0 Å². The molecular weight excluding hydrogens is 210 g/mol. The predicted octanol–water partition coefficient (Wildman–Crippen LogP) is 2.65. The third-order valence-corrected chi connectivity index (χ3v) is 4.00. The zero-order chi connectivity index (χ0) is 10.5. The maximum atomic E-state index is 6.01. The second-order valence-electron chi connectivity index (χ2n) is 4.79. The van der Waals surface area contributed by atoms with E-state index in [1.165, 1.54) is 45.1 Å². The van der Waals surface area contributed by atoms with Gasteiger partial charge in [-0.15, -0.1) is 11.6 Å². The van der Waals surface area contributed by atoms with Crippen LogP contribution >= 0.6 is 11.6 Å². The molecule has 2 nitrogen and oxygen atoms in total. The Morgan fingerprint density at radius 3 is 2.73 bits per heavy atom. The Hall–Kier alpha value is 0.210. The molecule has 2 saturated heterocycles. The summed E-state index contributed by atoms with van der Waals surface area (Å²) in [5.74, 6) is 0.784. The first-order valence-electron chi connectivity index (χ1n) is 6.32. The van der Waals surface area contributed by atoms with Crippen LogP contribution < -0.4 is 0 Å². The highest BCUT2D eigenvalue weighted by Crippen LogP contribution is 2.21. The Morgan fingerprint density at radius 2 is 2.00 bits per heavy atom. The molecule has 0 aromatic heterocycles. The van der Waals surface area contributed by atoms with Crippen LogP contribution in [-0.4, -0.2) is 42.6 Å². The van der Waals surface area contributed by atoms with Crippen LogP contribution in [-0.2, 0) is 4.74 Å². The van der Waals surface area contributed by atoms with Crippen LogP contribution in [0, 0.1) is 0 Å². The molecule has 2 rings (SSSR count). The molecule has 88 valence electrons. The summed E-state index contributed by atoms with van der Waals surface area (Å²) in [6, 6.07) is 0.603. The lowest BCUT2D eigenvalue weighted by Gasteiger charge is -2.37. The molecule has 2 atom stereocenters. The number of hydrogen-bond acceptors (Lipinski definition) is 2. The van der Waals surface area contributed by atoms with Gasteiger partial charge in [0, 0.05) is 25.1 Å². The van der Waals surface area contributed by atoms with Crippen LogP contribution in [0.25, 0.3) is 0 Å². The van der Waals surface area contributed by atoms with Crippen LogP contribution in [0.2, 0.25) is 0 Å². The zero-order valence-electron chi connectivity index (χ0n) is 9.46. The van der Waals surface area contributed by atoms with Gasteiger partial charge in [0.25, 0.3) is 0 Å². The standard InChI is InChI=1S/C12H22ClNO/c13-9-11-5-1-3-7-14(11)10-12-6-2-4-8-15-12/h11-12H,1-10H2. The van der Waals surface area contributed by atoms with Crippen molar-refractivity contribution in [1.82, 2.24) is 4.90 Å². The van der Waals surface area contributed by atoms with Crippen molar-refractivity contribution in [3.8, 4) is 0 Å². The highest BCUT2D eigenvalue weighted by molar-refractivity contribution is 6.18. The van der Waals surface area contributed by atoms with E-state index < -0.39 is 0 Å². The van der Waals surface area contributed by atoms with Gasteiger partial charge in [0.2, 0.25) is 0 Å². The molecule has 3 heteroatoms. The van der Waals surface area contributed by atoms with Crippen molar-refractivity contribution in [3.63, 3.8) is 0 Å². The van der Waals surface area contributed by atoms with Crippen LogP contribution in [0.5, 0.6) is 0 Å². The summed E-state index contributed by atoms with van der Waals surface area (Å²) in [4.78, 5) is 2.55. The number of hydrogen-bond donors (Lipinski definition) is 0. The second kappa shape index (κ2) is 6.07. The van der Waals surface area contributed by atoms with E-state index >= 15 is 0 Å². The normalized spacial score (nSPS) is 34.2. The van der Waals surface area contributed by atoms with Crippen LogP contribution in [0.4, 0.5) is 0 Å². The summed E-state index contributed by atoms with van der Waals surface area (Å²) in [5.41, 5.74) is 0. The van der Waals surface area contributed by atoms with Crippen LogP contribution in [0.3, 0.4) is 0 Å². The molecule has 2 heterocycles. The van der Waals surface area contributed by atoms with Crippen molar-refractivity contribution in [2.45, 2.75) is 50.7 Å². The first-order chi connectivity index (χ1) is 7.40. The first kappa shape index (κ1) is 11.7. The van der Waals surface area contributed by atoms with Crippen molar-refractivity contribution in [2.24, 2.45) is 0 Å². The summed E-state index contributed by atoms with van der Waals surface area (Å²) in [5, 5.41) is 0. The minimum absolute atomic E-state index is 0.475. The minimum atomic E-state index is 0.475. The summed E-state index contributed by atoms with van der Waals surface area (Å²) in [7, 11) is 0. The average Bonchev–Trinajstić information content (AvgIpc) is 2.31. The molecule has 15 heavy (non-hydrogen) atoms. The highest BCUT2D eigenvalue weighted by Gasteiger charge is 2.25. The molecule has 0 N–H and O–H groups in total. The van der Waals surface area contributed by atoms with Crippen molar-refractivity contribution in [3.05, 3.63) is 0 Å². The van der Waals surface area contributed by atoms with Gasteiger partial charge in [-0.2, -0.15) is 0 Å². The number of alkyl halides is 1. The first-order valence-corrected chi connectivity index (χ1v) is 6.85. The molecule has 0 aliphatic carbocycles. The van der Waals surface area contributed by atoms with Gasteiger partial charge in [0.15, 0.2) is 0 Å². The molecule has 0 spiro atoms. The van der Waals surface area contributed by atoms with Gasteiger partial charge in [0.1, 0.15) is 0 Å².